The number of rotatable bonds is 2. The van der Waals surface area contributed by atoms with Crippen LogP contribution in [-0.4, -0.2) is 44.7 Å². The summed E-state index contributed by atoms with van der Waals surface area (Å²) in [7, 11) is 0. The molecule has 0 radical (unpaired) electrons. The predicted octanol–water partition coefficient (Wildman–Crippen LogP) is 1.46. The van der Waals surface area contributed by atoms with E-state index in [1.165, 1.54) is 6.42 Å². The van der Waals surface area contributed by atoms with E-state index in [1.54, 1.807) is 0 Å². The average molecular weight is 255 g/mol. The lowest BCUT2D eigenvalue weighted by atomic mass is 9.60. The van der Waals surface area contributed by atoms with Crippen LogP contribution < -0.4 is 5.32 Å². The summed E-state index contributed by atoms with van der Waals surface area (Å²) in [6.07, 6.45) is 4.87. The fourth-order valence-corrected chi connectivity index (χ4v) is 3.23. The fraction of sp³-hybridized carbons (Fsp3) is 0.923. The zero-order chi connectivity index (χ0) is 12.4. The van der Waals surface area contributed by atoms with Crippen molar-refractivity contribution in [3.63, 3.8) is 0 Å². The molecule has 5 heteroatoms. The van der Waals surface area contributed by atoms with E-state index in [1.807, 2.05) is 0 Å². The van der Waals surface area contributed by atoms with E-state index >= 15 is 0 Å². The lowest BCUT2D eigenvalue weighted by Gasteiger charge is -2.51. The second kappa shape index (κ2) is 5.05. The van der Waals surface area contributed by atoms with Crippen LogP contribution in [0, 0.1) is 5.41 Å². The van der Waals surface area contributed by atoms with Gasteiger partial charge in [-0.2, -0.15) is 0 Å². The van der Waals surface area contributed by atoms with Gasteiger partial charge in [-0.25, -0.2) is 4.79 Å². The Kier molecular flexibility index (Phi) is 3.43. The molecule has 3 rings (SSSR count). The minimum Gasteiger partial charge on any atom is -0.444 e. The molecule has 3 aliphatic rings. The molecule has 5 nitrogen and oxygen atoms in total. The Morgan fingerprint density at radius 3 is 2.56 bits per heavy atom. The van der Waals surface area contributed by atoms with Crippen molar-refractivity contribution >= 4 is 6.09 Å². The molecule has 2 atom stereocenters. The molecule has 2 saturated heterocycles. The number of nitrogens with one attached hydrogen (secondary N) is 1. The molecule has 1 saturated carbocycles. The first-order valence-electron chi connectivity index (χ1n) is 6.91. The molecule has 2 aliphatic heterocycles. The summed E-state index contributed by atoms with van der Waals surface area (Å²) >= 11 is 0. The molecule has 2 heterocycles. The van der Waals surface area contributed by atoms with Gasteiger partial charge in [-0.05, 0) is 31.1 Å². The molecule has 0 aromatic heterocycles. The van der Waals surface area contributed by atoms with Crippen molar-refractivity contribution < 1.29 is 19.0 Å². The van der Waals surface area contributed by atoms with Crippen LogP contribution in [0.2, 0.25) is 0 Å². The Bertz CT molecular complexity index is 308. The normalized spacial score (nSPS) is 34.0. The number of carbonyl (C=O) groups excluding carboxylic acids is 1. The van der Waals surface area contributed by atoms with Crippen LogP contribution in [0.3, 0.4) is 0 Å². The molecule has 1 aliphatic carbocycles. The van der Waals surface area contributed by atoms with Crippen molar-refractivity contribution in [3.05, 3.63) is 0 Å². The van der Waals surface area contributed by atoms with Crippen molar-refractivity contribution in [2.24, 2.45) is 5.41 Å². The van der Waals surface area contributed by atoms with Gasteiger partial charge < -0.3 is 19.5 Å². The van der Waals surface area contributed by atoms with E-state index in [9.17, 15) is 4.79 Å². The van der Waals surface area contributed by atoms with Crippen LogP contribution in [0.1, 0.15) is 32.1 Å². The van der Waals surface area contributed by atoms with Gasteiger partial charge in [0.15, 0.2) is 0 Å². The van der Waals surface area contributed by atoms with Crippen LogP contribution in [0.4, 0.5) is 4.79 Å². The zero-order valence-electron chi connectivity index (χ0n) is 10.7. The molecular weight excluding hydrogens is 234 g/mol. The highest BCUT2D eigenvalue weighted by Gasteiger charge is 2.48. The van der Waals surface area contributed by atoms with Gasteiger partial charge >= 0.3 is 6.09 Å². The van der Waals surface area contributed by atoms with E-state index in [-0.39, 0.29) is 23.7 Å². The van der Waals surface area contributed by atoms with Crippen molar-refractivity contribution in [2.45, 2.75) is 44.2 Å². The van der Waals surface area contributed by atoms with E-state index in [4.69, 9.17) is 14.2 Å². The molecule has 1 N–H and O–H groups in total. The van der Waals surface area contributed by atoms with E-state index < -0.39 is 0 Å². The van der Waals surface area contributed by atoms with Crippen LogP contribution >= 0.6 is 0 Å². The third-order valence-corrected chi connectivity index (χ3v) is 4.61. The highest BCUT2D eigenvalue weighted by atomic mass is 16.6. The molecule has 1 amide bonds. The fourth-order valence-electron chi connectivity index (χ4n) is 3.23. The molecule has 18 heavy (non-hydrogen) atoms. The van der Waals surface area contributed by atoms with Gasteiger partial charge in [0.1, 0.15) is 6.10 Å². The first-order chi connectivity index (χ1) is 8.78. The minimum atomic E-state index is -0.277. The monoisotopic (exact) mass is 255 g/mol. The second-order valence-electron chi connectivity index (χ2n) is 5.60. The van der Waals surface area contributed by atoms with E-state index in [2.05, 4.69) is 5.32 Å². The Hall–Kier alpha value is -0.810. The summed E-state index contributed by atoms with van der Waals surface area (Å²) in [6.45, 7) is 2.88. The summed E-state index contributed by atoms with van der Waals surface area (Å²) in [5.74, 6) is 0. The quantitative estimate of drug-likeness (QED) is 0.811. The summed E-state index contributed by atoms with van der Waals surface area (Å²) in [4.78, 5) is 11.8. The topological polar surface area (TPSA) is 56.8 Å². The second-order valence-corrected chi connectivity index (χ2v) is 5.60. The Labute approximate surface area is 107 Å². The Morgan fingerprint density at radius 2 is 1.94 bits per heavy atom. The summed E-state index contributed by atoms with van der Waals surface area (Å²) in [5.41, 5.74) is 0.281. The van der Waals surface area contributed by atoms with Crippen LogP contribution in [0.5, 0.6) is 0 Å². The standard InChI is InChI=1S/C13H21NO4/c15-12(18-10-2-6-17-9-10)14-11-1-3-13(11)4-7-16-8-5-13/h10-11H,1-9H2,(H,14,15). The van der Waals surface area contributed by atoms with Crippen molar-refractivity contribution in [1.82, 2.24) is 5.32 Å². The van der Waals surface area contributed by atoms with Gasteiger partial charge in [0.2, 0.25) is 0 Å². The molecular formula is C13H21NO4. The highest BCUT2D eigenvalue weighted by Crippen LogP contribution is 2.48. The first kappa shape index (κ1) is 12.2. The maximum atomic E-state index is 11.8. The van der Waals surface area contributed by atoms with Crippen molar-refractivity contribution in [1.29, 1.82) is 0 Å². The number of amides is 1. The van der Waals surface area contributed by atoms with Crippen molar-refractivity contribution in [3.8, 4) is 0 Å². The maximum Gasteiger partial charge on any atom is 0.407 e. The van der Waals surface area contributed by atoms with E-state index in [0.717, 1.165) is 38.9 Å². The smallest absolute Gasteiger partial charge is 0.407 e. The van der Waals surface area contributed by atoms with Gasteiger partial charge in [-0.1, -0.05) is 0 Å². The molecule has 2 unspecified atom stereocenters. The molecule has 102 valence electrons. The van der Waals surface area contributed by atoms with Crippen molar-refractivity contribution in [2.75, 3.05) is 26.4 Å². The molecule has 0 aromatic rings. The molecule has 1 spiro atoms. The number of alkyl carbamates (subject to hydrolysis) is 1. The van der Waals surface area contributed by atoms with E-state index in [0.29, 0.717) is 13.2 Å². The predicted molar refractivity (Wildman–Crippen MR) is 64.3 cm³/mol. The minimum absolute atomic E-state index is 0.0595. The highest BCUT2D eigenvalue weighted by molar-refractivity contribution is 5.68. The number of ether oxygens (including phenoxy) is 3. The maximum absolute atomic E-state index is 11.8. The van der Waals surface area contributed by atoms with Crippen LogP contribution in [0.15, 0.2) is 0 Å². The van der Waals surface area contributed by atoms with Crippen LogP contribution in [-0.2, 0) is 14.2 Å². The molecule has 3 fully saturated rings. The van der Waals surface area contributed by atoms with Gasteiger partial charge in [-0.15, -0.1) is 0 Å². The summed E-state index contributed by atoms with van der Waals surface area (Å²) in [6, 6.07) is 0.274. The molecule has 0 aromatic carbocycles. The SMILES string of the molecule is O=C(NC1CCC12CCOCC2)OC1CCOC1. The Balaban J connectivity index is 1.48. The van der Waals surface area contributed by atoms with Gasteiger partial charge in [-0.3, -0.25) is 0 Å². The third kappa shape index (κ3) is 2.34. The zero-order valence-corrected chi connectivity index (χ0v) is 10.7. The number of hydrogen-bond donors (Lipinski definition) is 1. The number of hydrogen-bond acceptors (Lipinski definition) is 4. The summed E-state index contributed by atoms with van der Waals surface area (Å²) < 4.78 is 15.9. The third-order valence-electron chi connectivity index (χ3n) is 4.61. The lowest BCUT2D eigenvalue weighted by molar-refractivity contribution is -0.0549. The van der Waals surface area contributed by atoms with Gasteiger partial charge in [0, 0.05) is 25.7 Å². The largest absolute Gasteiger partial charge is 0.444 e. The average Bonchev–Trinajstić information content (AvgIpc) is 2.88. The lowest BCUT2D eigenvalue weighted by Crippen LogP contribution is -2.57. The first-order valence-corrected chi connectivity index (χ1v) is 6.91. The summed E-state index contributed by atoms with van der Waals surface area (Å²) in [5, 5.41) is 3.03. The number of carbonyl (C=O) groups is 1. The van der Waals surface area contributed by atoms with Gasteiger partial charge in [0.25, 0.3) is 0 Å². The van der Waals surface area contributed by atoms with Gasteiger partial charge in [0.05, 0.1) is 13.2 Å². The molecule has 0 bridgehead atoms. The Morgan fingerprint density at radius 1 is 1.11 bits per heavy atom. The van der Waals surface area contributed by atoms with Crippen LogP contribution in [0.25, 0.3) is 0 Å².